The molecule has 1 N–H and O–H groups in total. The van der Waals surface area contributed by atoms with E-state index >= 15 is 0 Å². The normalized spacial score (nSPS) is 14.1. The highest BCUT2D eigenvalue weighted by atomic mass is 16.5. The molecule has 0 bridgehead atoms. The molecule has 0 aliphatic carbocycles. The van der Waals surface area contributed by atoms with E-state index in [1.807, 2.05) is 40.1 Å². The Labute approximate surface area is 235 Å². The van der Waals surface area contributed by atoms with Gasteiger partial charge in [-0.25, -0.2) is 14.8 Å². The van der Waals surface area contributed by atoms with Crippen LogP contribution in [0, 0.1) is 20.8 Å². The number of aromatic nitrogens is 3. The number of hydrogen-bond acceptors (Lipinski definition) is 6. The fourth-order valence-electron chi connectivity index (χ4n) is 5.67. The minimum absolute atomic E-state index is 0.591. The number of carboxylic acid groups (broad SMARTS) is 1. The molecule has 2 aromatic carbocycles. The Morgan fingerprint density at radius 3 is 2.35 bits per heavy atom. The zero-order chi connectivity index (χ0) is 28.8. The number of anilines is 2. The van der Waals surface area contributed by atoms with E-state index in [4.69, 9.17) is 19.4 Å². The predicted molar refractivity (Wildman–Crippen MR) is 157 cm³/mol. The summed E-state index contributed by atoms with van der Waals surface area (Å²) in [6.45, 7) is 13.9. The molecule has 4 aromatic rings. The Morgan fingerprint density at radius 1 is 1.07 bits per heavy atom. The fourth-order valence-corrected chi connectivity index (χ4v) is 5.67. The van der Waals surface area contributed by atoms with Gasteiger partial charge in [-0.3, -0.25) is 0 Å². The Balaban J connectivity index is 1.81. The third kappa shape index (κ3) is 5.09. The summed E-state index contributed by atoms with van der Waals surface area (Å²) in [6.07, 6.45) is 3.26. The number of rotatable bonds is 8. The first-order valence-electron chi connectivity index (χ1n) is 13.7. The smallest absolute Gasteiger partial charge is 0.337 e. The molecule has 2 aromatic heterocycles. The number of carboxylic acids is 1. The topological polar surface area (TPSA) is 89.7 Å². The van der Waals surface area contributed by atoms with Crippen LogP contribution in [0.2, 0.25) is 0 Å². The lowest BCUT2D eigenvalue weighted by Crippen LogP contribution is -2.32. The van der Waals surface area contributed by atoms with Crippen LogP contribution in [-0.2, 0) is 27.2 Å². The number of aliphatic carboxylic acids is 1. The summed E-state index contributed by atoms with van der Waals surface area (Å²) in [4.78, 5) is 24.5. The molecule has 0 radical (unpaired) electrons. The highest BCUT2D eigenvalue weighted by molar-refractivity contribution is 6.08. The van der Waals surface area contributed by atoms with E-state index in [1.165, 1.54) is 0 Å². The minimum Gasteiger partial charge on any atom is -0.479 e. The van der Waals surface area contributed by atoms with E-state index in [-0.39, 0.29) is 0 Å². The number of carbonyl (C=O) groups is 1. The van der Waals surface area contributed by atoms with Gasteiger partial charge in [0, 0.05) is 49.2 Å². The van der Waals surface area contributed by atoms with Crippen molar-refractivity contribution < 1.29 is 19.4 Å². The van der Waals surface area contributed by atoms with E-state index in [2.05, 4.69) is 53.6 Å². The molecular weight excluding hydrogens is 504 g/mol. The summed E-state index contributed by atoms with van der Waals surface area (Å²) < 4.78 is 13.8. The maximum absolute atomic E-state index is 12.9. The van der Waals surface area contributed by atoms with Gasteiger partial charge in [0.05, 0.1) is 23.4 Å². The number of hydrogen-bond donors (Lipinski definition) is 1. The van der Waals surface area contributed by atoms with Crippen molar-refractivity contribution in [1.29, 1.82) is 0 Å². The van der Waals surface area contributed by atoms with E-state index in [0.29, 0.717) is 24.7 Å². The summed E-state index contributed by atoms with van der Waals surface area (Å²) >= 11 is 0. The maximum atomic E-state index is 12.9. The molecule has 1 aliphatic heterocycles. The lowest BCUT2D eigenvalue weighted by molar-refractivity contribution is -0.160. The van der Waals surface area contributed by atoms with Gasteiger partial charge in [0.1, 0.15) is 0 Å². The van der Waals surface area contributed by atoms with Crippen molar-refractivity contribution in [1.82, 2.24) is 14.5 Å². The van der Waals surface area contributed by atoms with Crippen molar-refractivity contribution in [3.8, 4) is 11.1 Å². The molecule has 1 atom stereocenters. The molecule has 1 aliphatic rings. The molecule has 8 heteroatoms. The number of nitrogens with zero attached hydrogens (tertiary/aromatic N) is 4. The van der Waals surface area contributed by atoms with Crippen LogP contribution in [0.15, 0.2) is 42.7 Å². The highest BCUT2D eigenvalue weighted by Gasteiger charge is 2.36. The lowest BCUT2D eigenvalue weighted by Gasteiger charge is -2.35. The van der Waals surface area contributed by atoms with Gasteiger partial charge in [0.2, 0.25) is 5.95 Å². The fraction of sp³-hybridized carbons (Fsp3) is 0.406. The van der Waals surface area contributed by atoms with Crippen molar-refractivity contribution in [2.45, 2.75) is 66.2 Å². The molecule has 210 valence electrons. The van der Waals surface area contributed by atoms with Gasteiger partial charge in [0.25, 0.3) is 0 Å². The van der Waals surface area contributed by atoms with E-state index in [0.717, 1.165) is 63.1 Å². The number of aryl methyl sites for hydroxylation is 2. The van der Waals surface area contributed by atoms with Gasteiger partial charge in [-0.1, -0.05) is 29.8 Å². The van der Waals surface area contributed by atoms with Crippen molar-refractivity contribution in [3.63, 3.8) is 0 Å². The van der Waals surface area contributed by atoms with E-state index < -0.39 is 17.7 Å². The second kappa shape index (κ2) is 10.7. The maximum Gasteiger partial charge on any atom is 0.337 e. The summed E-state index contributed by atoms with van der Waals surface area (Å²) in [5, 5.41) is 11.5. The zero-order valence-corrected chi connectivity index (χ0v) is 24.4. The Bertz CT molecular complexity index is 1550. The monoisotopic (exact) mass is 542 g/mol. The van der Waals surface area contributed by atoms with Crippen LogP contribution in [-0.4, -0.2) is 51.5 Å². The number of benzene rings is 2. The van der Waals surface area contributed by atoms with Crippen molar-refractivity contribution in [2.75, 3.05) is 25.2 Å². The average molecular weight is 543 g/mol. The summed E-state index contributed by atoms with van der Waals surface area (Å²) in [6, 6.07) is 10.4. The van der Waals surface area contributed by atoms with Crippen LogP contribution < -0.4 is 4.90 Å². The molecule has 0 saturated heterocycles. The van der Waals surface area contributed by atoms with Crippen LogP contribution in [0.25, 0.3) is 22.0 Å². The van der Waals surface area contributed by atoms with Gasteiger partial charge in [0.15, 0.2) is 6.10 Å². The van der Waals surface area contributed by atoms with Crippen molar-refractivity contribution in [3.05, 3.63) is 70.7 Å². The van der Waals surface area contributed by atoms with Gasteiger partial charge >= 0.3 is 5.97 Å². The molecule has 8 nitrogen and oxygen atoms in total. The first kappa shape index (κ1) is 27.8. The van der Waals surface area contributed by atoms with E-state index in [9.17, 15) is 9.90 Å². The van der Waals surface area contributed by atoms with Crippen LogP contribution >= 0.6 is 0 Å². The molecule has 0 fully saturated rings. The third-order valence-corrected chi connectivity index (χ3v) is 7.47. The molecule has 3 heterocycles. The van der Waals surface area contributed by atoms with Crippen LogP contribution in [0.5, 0.6) is 0 Å². The van der Waals surface area contributed by atoms with Crippen molar-refractivity contribution >= 4 is 28.5 Å². The SMILES string of the molecule is COCCc1cnc(N2CCn3c(C)cc4c(-c5ccc(C)cc5)c([C@H](OC(C)(C)C)C(=O)O)c(C)c2c43)nc1. The molecule has 40 heavy (non-hydrogen) atoms. The quantitative estimate of drug-likeness (QED) is 0.279. The zero-order valence-electron chi connectivity index (χ0n) is 24.4. The van der Waals surface area contributed by atoms with Crippen LogP contribution in [0.1, 0.15) is 54.8 Å². The number of methoxy groups -OCH3 is 1. The molecular formula is C32H38N4O4. The standard InChI is InChI=1S/C32H38N4O4/c1-19-8-10-23(11-9-19)26-24-16-20(2)35-13-14-36(31-33-17-22(18-34-31)12-15-39-7)27(28(24)35)21(3)25(26)29(30(37)38)40-32(4,5)6/h8-11,16-18,29H,12-15H2,1-7H3,(H,37,38)/t29-/m0/s1. The van der Waals surface area contributed by atoms with Gasteiger partial charge in [-0.05, 0) is 76.3 Å². The van der Waals surface area contributed by atoms with E-state index in [1.54, 1.807) is 7.11 Å². The predicted octanol–water partition coefficient (Wildman–Crippen LogP) is 6.30. The summed E-state index contributed by atoms with van der Waals surface area (Å²) in [5.74, 6) is -0.427. The first-order chi connectivity index (χ1) is 19.0. The first-order valence-corrected chi connectivity index (χ1v) is 13.7. The minimum atomic E-state index is -1.17. The lowest BCUT2D eigenvalue weighted by atomic mass is 9.87. The Morgan fingerprint density at radius 2 is 1.75 bits per heavy atom. The van der Waals surface area contributed by atoms with Gasteiger partial charge in [-0.15, -0.1) is 0 Å². The average Bonchev–Trinajstić information content (AvgIpc) is 3.24. The molecule has 0 unspecified atom stereocenters. The second-order valence-electron chi connectivity index (χ2n) is 11.6. The molecule has 0 saturated carbocycles. The molecule has 0 spiro atoms. The van der Waals surface area contributed by atoms with Gasteiger partial charge in [-0.2, -0.15) is 0 Å². The molecule has 0 amide bonds. The summed E-state index contributed by atoms with van der Waals surface area (Å²) in [5.41, 5.74) is 7.96. The highest BCUT2D eigenvalue weighted by Crippen LogP contribution is 2.49. The van der Waals surface area contributed by atoms with Gasteiger partial charge < -0.3 is 24.0 Å². The Kier molecular flexibility index (Phi) is 7.42. The van der Waals surface area contributed by atoms with Crippen LogP contribution in [0.3, 0.4) is 0 Å². The third-order valence-electron chi connectivity index (χ3n) is 7.47. The summed E-state index contributed by atoms with van der Waals surface area (Å²) in [7, 11) is 1.68. The molecule has 5 rings (SSSR count). The Hall–Kier alpha value is -3.75. The second-order valence-corrected chi connectivity index (χ2v) is 11.6. The van der Waals surface area contributed by atoms with Crippen molar-refractivity contribution in [2.24, 2.45) is 0 Å². The van der Waals surface area contributed by atoms with Crippen LogP contribution in [0.4, 0.5) is 11.6 Å². The number of ether oxygens (including phenoxy) is 2. The largest absolute Gasteiger partial charge is 0.479 e.